The highest BCUT2D eigenvalue weighted by Crippen LogP contribution is 2.00. The molecule has 1 aliphatic rings. The summed E-state index contributed by atoms with van der Waals surface area (Å²) in [6, 6.07) is 0. The molecule has 0 atom stereocenters. The van der Waals surface area contributed by atoms with Gasteiger partial charge >= 0.3 is 6.09 Å². The molecule has 1 amide bonds. The van der Waals surface area contributed by atoms with Gasteiger partial charge in [0.1, 0.15) is 6.61 Å². The third-order valence-electron chi connectivity index (χ3n) is 2.04. The molecule has 5 nitrogen and oxygen atoms in total. The van der Waals surface area contributed by atoms with Gasteiger partial charge in [0.15, 0.2) is 6.29 Å². The molecule has 0 N–H and O–H groups in total. The van der Waals surface area contributed by atoms with Gasteiger partial charge in [-0.3, -0.25) is 4.79 Å². The Hall–Kier alpha value is -1.10. The molecule has 1 rings (SSSR count). The molecule has 0 unspecified atom stereocenters. The predicted molar refractivity (Wildman–Crippen MR) is 46.5 cm³/mol. The molecule has 0 aromatic carbocycles. The highest BCUT2D eigenvalue weighted by atomic mass is 16.6. The van der Waals surface area contributed by atoms with Gasteiger partial charge in [-0.1, -0.05) is 0 Å². The third kappa shape index (κ3) is 3.02. The molecule has 0 saturated carbocycles. The number of hydrogen-bond acceptors (Lipinski definition) is 4. The summed E-state index contributed by atoms with van der Waals surface area (Å²) in [7, 11) is 2.01. The molecule has 1 saturated heterocycles. The Kier molecular flexibility index (Phi) is 3.70. The quantitative estimate of drug-likeness (QED) is 0.549. The van der Waals surface area contributed by atoms with Gasteiger partial charge < -0.3 is 14.5 Å². The number of nitrogens with zero attached hydrogens (tertiary/aromatic N) is 2. The monoisotopic (exact) mass is 186 g/mol. The minimum absolute atomic E-state index is 0.148. The zero-order valence-corrected chi connectivity index (χ0v) is 7.73. The van der Waals surface area contributed by atoms with Gasteiger partial charge in [-0.05, 0) is 7.05 Å². The third-order valence-corrected chi connectivity index (χ3v) is 2.04. The molecule has 1 heterocycles. The molecular formula is C8H14N2O3. The van der Waals surface area contributed by atoms with Crippen LogP contribution in [0.2, 0.25) is 0 Å². The Morgan fingerprint density at radius 2 is 2.00 bits per heavy atom. The number of rotatable bonds is 2. The standard InChI is InChI=1S/C8H14N2O3/c1-9-2-4-10(5-3-9)8(12)13-7-6-11/h6H,2-5,7H2,1H3. The largest absolute Gasteiger partial charge is 0.442 e. The molecule has 1 aliphatic heterocycles. The van der Waals surface area contributed by atoms with Crippen molar-refractivity contribution in [3.8, 4) is 0 Å². The number of ether oxygens (including phenoxy) is 1. The maximum atomic E-state index is 11.2. The van der Waals surface area contributed by atoms with E-state index in [0.717, 1.165) is 13.1 Å². The van der Waals surface area contributed by atoms with Crippen LogP contribution in [0.4, 0.5) is 4.79 Å². The van der Waals surface area contributed by atoms with E-state index in [0.29, 0.717) is 19.4 Å². The molecule has 0 radical (unpaired) electrons. The van der Waals surface area contributed by atoms with E-state index in [1.807, 2.05) is 7.05 Å². The summed E-state index contributed by atoms with van der Waals surface area (Å²) in [6.45, 7) is 2.92. The molecule has 0 aromatic rings. The van der Waals surface area contributed by atoms with Crippen LogP contribution in [-0.2, 0) is 9.53 Å². The van der Waals surface area contributed by atoms with E-state index < -0.39 is 0 Å². The van der Waals surface area contributed by atoms with Crippen LogP contribution in [0, 0.1) is 0 Å². The van der Waals surface area contributed by atoms with Crippen molar-refractivity contribution >= 4 is 12.4 Å². The number of carbonyl (C=O) groups excluding carboxylic acids is 2. The van der Waals surface area contributed by atoms with E-state index in [9.17, 15) is 9.59 Å². The van der Waals surface area contributed by atoms with Gasteiger partial charge in [0.05, 0.1) is 0 Å². The lowest BCUT2D eigenvalue weighted by Crippen LogP contribution is -2.47. The highest BCUT2D eigenvalue weighted by Gasteiger charge is 2.19. The normalized spacial score (nSPS) is 18.4. The Morgan fingerprint density at radius 1 is 1.38 bits per heavy atom. The van der Waals surface area contributed by atoms with Crippen molar-refractivity contribution in [2.45, 2.75) is 0 Å². The van der Waals surface area contributed by atoms with Gasteiger partial charge in [-0.25, -0.2) is 4.79 Å². The van der Waals surface area contributed by atoms with Crippen molar-refractivity contribution in [2.24, 2.45) is 0 Å². The number of hydrogen-bond donors (Lipinski definition) is 0. The minimum atomic E-state index is -0.389. The van der Waals surface area contributed by atoms with Crippen molar-refractivity contribution in [3.05, 3.63) is 0 Å². The topological polar surface area (TPSA) is 49.9 Å². The zero-order chi connectivity index (χ0) is 9.68. The first kappa shape index (κ1) is 9.98. The van der Waals surface area contributed by atoms with E-state index >= 15 is 0 Å². The van der Waals surface area contributed by atoms with Crippen molar-refractivity contribution < 1.29 is 14.3 Å². The second-order valence-corrected chi connectivity index (χ2v) is 3.03. The Bertz CT molecular complexity index is 188. The number of piperazine rings is 1. The maximum absolute atomic E-state index is 11.2. The van der Waals surface area contributed by atoms with E-state index in [1.54, 1.807) is 4.90 Å². The average Bonchev–Trinajstić information content (AvgIpc) is 2.15. The van der Waals surface area contributed by atoms with Gasteiger partial charge in [0.2, 0.25) is 0 Å². The van der Waals surface area contributed by atoms with Gasteiger partial charge in [-0.15, -0.1) is 0 Å². The molecule has 0 aliphatic carbocycles. The maximum Gasteiger partial charge on any atom is 0.410 e. The van der Waals surface area contributed by atoms with Crippen molar-refractivity contribution in [1.82, 2.24) is 9.80 Å². The van der Waals surface area contributed by atoms with Crippen LogP contribution in [0.25, 0.3) is 0 Å². The number of amides is 1. The molecule has 0 aromatic heterocycles. The van der Waals surface area contributed by atoms with Crippen LogP contribution in [0.5, 0.6) is 0 Å². The summed E-state index contributed by atoms with van der Waals surface area (Å²) in [5.41, 5.74) is 0. The minimum Gasteiger partial charge on any atom is -0.442 e. The van der Waals surface area contributed by atoms with E-state index in [2.05, 4.69) is 9.64 Å². The van der Waals surface area contributed by atoms with E-state index in [1.165, 1.54) is 0 Å². The van der Waals surface area contributed by atoms with Crippen LogP contribution < -0.4 is 0 Å². The molecule has 0 spiro atoms. The summed E-state index contributed by atoms with van der Waals surface area (Å²) in [5, 5.41) is 0. The van der Waals surface area contributed by atoms with Crippen LogP contribution in [-0.4, -0.2) is 62.0 Å². The summed E-state index contributed by atoms with van der Waals surface area (Å²) in [5.74, 6) is 0. The smallest absolute Gasteiger partial charge is 0.410 e. The molecule has 0 bridgehead atoms. The predicted octanol–water partition coefficient (Wildman–Crippen LogP) is -0.431. The molecule has 74 valence electrons. The van der Waals surface area contributed by atoms with Gasteiger partial charge in [-0.2, -0.15) is 0 Å². The lowest BCUT2D eigenvalue weighted by molar-refractivity contribution is -0.110. The number of aldehydes is 1. The lowest BCUT2D eigenvalue weighted by atomic mass is 10.3. The van der Waals surface area contributed by atoms with Crippen LogP contribution in [0.15, 0.2) is 0 Å². The fourth-order valence-corrected chi connectivity index (χ4v) is 1.19. The second-order valence-electron chi connectivity index (χ2n) is 3.03. The average molecular weight is 186 g/mol. The summed E-state index contributed by atoms with van der Waals surface area (Å²) >= 11 is 0. The SMILES string of the molecule is CN1CCN(C(=O)OCC=O)CC1. The first-order valence-corrected chi connectivity index (χ1v) is 4.28. The fraction of sp³-hybridized carbons (Fsp3) is 0.750. The van der Waals surface area contributed by atoms with Crippen LogP contribution in [0.3, 0.4) is 0 Å². The van der Waals surface area contributed by atoms with Crippen LogP contribution >= 0.6 is 0 Å². The summed E-state index contributed by atoms with van der Waals surface area (Å²) in [6.07, 6.45) is 0.189. The summed E-state index contributed by atoms with van der Waals surface area (Å²) < 4.78 is 4.67. The lowest BCUT2D eigenvalue weighted by Gasteiger charge is -2.31. The first-order chi connectivity index (χ1) is 6.24. The summed E-state index contributed by atoms with van der Waals surface area (Å²) in [4.78, 5) is 24.9. The van der Waals surface area contributed by atoms with E-state index in [-0.39, 0.29) is 12.7 Å². The van der Waals surface area contributed by atoms with E-state index in [4.69, 9.17) is 0 Å². The fourth-order valence-electron chi connectivity index (χ4n) is 1.19. The van der Waals surface area contributed by atoms with Crippen molar-refractivity contribution in [2.75, 3.05) is 39.8 Å². The first-order valence-electron chi connectivity index (χ1n) is 4.28. The Morgan fingerprint density at radius 3 is 2.54 bits per heavy atom. The highest BCUT2D eigenvalue weighted by molar-refractivity contribution is 5.69. The second kappa shape index (κ2) is 4.81. The zero-order valence-electron chi connectivity index (χ0n) is 7.73. The number of carbonyl (C=O) groups is 2. The van der Waals surface area contributed by atoms with Crippen molar-refractivity contribution in [3.63, 3.8) is 0 Å². The Balaban J connectivity index is 2.27. The van der Waals surface area contributed by atoms with Crippen LogP contribution in [0.1, 0.15) is 0 Å². The molecular weight excluding hydrogens is 172 g/mol. The molecule has 5 heteroatoms. The van der Waals surface area contributed by atoms with Gasteiger partial charge in [0, 0.05) is 26.2 Å². The molecule has 13 heavy (non-hydrogen) atoms. The number of likely N-dealkylation sites (N-methyl/N-ethyl adjacent to an activating group) is 1. The molecule has 1 fully saturated rings. The van der Waals surface area contributed by atoms with Gasteiger partial charge in [0.25, 0.3) is 0 Å². The van der Waals surface area contributed by atoms with Crippen molar-refractivity contribution in [1.29, 1.82) is 0 Å². The Labute approximate surface area is 77.2 Å².